The molecule has 4 rings (SSSR count). The van der Waals surface area contributed by atoms with Crippen LogP contribution in [0.25, 0.3) is 5.69 Å². The first-order valence-electron chi connectivity index (χ1n) is 11.1. The number of esters is 1. The van der Waals surface area contributed by atoms with E-state index in [1.54, 1.807) is 29.1 Å². The zero-order valence-electron chi connectivity index (χ0n) is 19.3. The van der Waals surface area contributed by atoms with Crippen LogP contribution in [0.15, 0.2) is 53.6 Å². The van der Waals surface area contributed by atoms with Crippen molar-refractivity contribution >= 4 is 34.9 Å². The monoisotopic (exact) mass is 503 g/mol. The van der Waals surface area contributed by atoms with E-state index in [1.807, 2.05) is 38.1 Å². The SMILES string of the molecule is COC(=O)C(c1ccc(Cl)cc1Cl)N1CCN(c2ccc(-n3cnn(C(C)C)c3=O)cc2)CC1. The van der Waals surface area contributed by atoms with E-state index in [9.17, 15) is 9.59 Å². The summed E-state index contributed by atoms with van der Waals surface area (Å²) in [5.41, 5.74) is 2.34. The summed E-state index contributed by atoms with van der Waals surface area (Å²) in [4.78, 5) is 29.5. The zero-order chi connectivity index (χ0) is 24.4. The molecule has 1 aliphatic rings. The number of piperazine rings is 1. The highest BCUT2D eigenvalue weighted by molar-refractivity contribution is 6.35. The second kappa shape index (κ2) is 10.2. The van der Waals surface area contributed by atoms with Gasteiger partial charge in [0.05, 0.1) is 18.8 Å². The maximum absolute atomic E-state index is 12.6. The molecule has 10 heteroatoms. The molecular weight excluding hydrogens is 477 g/mol. The molecule has 0 aliphatic carbocycles. The van der Waals surface area contributed by atoms with Gasteiger partial charge in [0, 0.05) is 41.9 Å². The lowest BCUT2D eigenvalue weighted by atomic mass is 10.0. The van der Waals surface area contributed by atoms with Crippen LogP contribution in [0.4, 0.5) is 5.69 Å². The number of carbonyl (C=O) groups is 1. The Balaban J connectivity index is 1.47. The van der Waals surface area contributed by atoms with E-state index in [1.165, 1.54) is 11.8 Å². The van der Waals surface area contributed by atoms with E-state index in [0.29, 0.717) is 28.7 Å². The van der Waals surface area contributed by atoms with E-state index < -0.39 is 6.04 Å². The van der Waals surface area contributed by atoms with Gasteiger partial charge in [-0.3, -0.25) is 4.90 Å². The fraction of sp³-hybridized carbons (Fsp3) is 0.375. The summed E-state index contributed by atoms with van der Waals surface area (Å²) in [6, 6.07) is 12.4. The summed E-state index contributed by atoms with van der Waals surface area (Å²) < 4.78 is 8.07. The first kappa shape index (κ1) is 24.3. The maximum atomic E-state index is 12.6. The van der Waals surface area contributed by atoms with Crippen LogP contribution in [0.1, 0.15) is 31.5 Å². The minimum absolute atomic E-state index is 0.000823. The van der Waals surface area contributed by atoms with E-state index in [2.05, 4.69) is 14.9 Å². The third-order valence-electron chi connectivity index (χ3n) is 6.04. The van der Waals surface area contributed by atoms with Crippen molar-refractivity contribution in [2.45, 2.75) is 25.9 Å². The van der Waals surface area contributed by atoms with Gasteiger partial charge in [-0.1, -0.05) is 29.3 Å². The normalized spacial score (nSPS) is 15.5. The number of methoxy groups -OCH3 is 1. The average molecular weight is 504 g/mol. The van der Waals surface area contributed by atoms with Crippen molar-refractivity contribution in [2.24, 2.45) is 0 Å². The summed E-state index contributed by atoms with van der Waals surface area (Å²) in [5.74, 6) is -0.352. The minimum atomic E-state index is -0.594. The molecule has 0 saturated carbocycles. The second-order valence-electron chi connectivity index (χ2n) is 8.45. The molecule has 2 aromatic carbocycles. The number of hydrogen-bond acceptors (Lipinski definition) is 6. The van der Waals surface area contributed by atoms with Gasteiger partial charge in [-0.2, -0.15) is 5.10 Å². The molecule has 1 aromatic heterocycles. The second-order valence-corrected chi connectivity index (χ2v) is 9.30. The summed E-state index contributed by atoms with van der Waals surface area (Å²) in [7, 11) is 1.38. The largest absolute Gasteiger partial charge is 0.468 e. The first-order chi connectivity index (χ1) is 16.3. The molecule has 3 aromatic rings. The summed E-state index contributed by atoms with van der Waals surface area (Å²) in [6.45, 7) is 6.61. The Hall–Kier alpha value is -2.81. The molecule has 180 valence electrons. The molecule has 0 radical (unpaired) electrons. The predicted octanol–water partition coefficient (Wildman–Crippen LogP) is 3.96. The van der Waals surface area contributed by atoms with Gasteiger partial charge >= 0.3 is 11.7 Å². The molecule has 34 heavy (non-hydrogen) atoms. The number of aromatic nitrogens is 3. The smallest absolute Gasteiger partial charge is 0.350 e. The fourth-order valence-electron chi connectivity index (χ4n) is 4.22. The Morgan fingerprint density at radius 3 is 2.21 bits per heavy atom. The Bertz CT molecular complexity index is 1210. The number of hydrogen-bond donors (Lipinski definition) is 0. The van der Waals surface area contributed by atoms with Gasteiger partial charge in [-0.15, -0.1) is 0 Å². The Morgan fingerprint density at radius 1 is 1.00 bits per heavy atom. The average Bonchev–Trinajstić information content (AvgIpc) is 3.22. The molecule has 2 heterocycles. The molecule has 1 atom stereocenters. The summed E-state index contributed by atoms with van der Waals surface area (Å²) in [6.07, 6.45) is 1.55. The van der Waals surface area contributed by atoms with Crippen molar-refractivity contribution in [3.8, 4) is 5.69 Å². The highest BCUT2D eigenvalue weighted by Gasteiger charge is 2.32. The van der Waals surface area contributed by atoms with Crippen LogP contribution in [0.5, 0.6) is 0 Å². The number of benzene rings is 2. The van der Waals surface area contributed by atoms with Crippen molar-refractivity contribution in [3.63, 3.8) is 0 Å². The van der Waals surface area contributed by atoms with Crippen molar-refractivity contribution < 1.29 is 9.53 Å². The van der Waals surface area contributed by atoms with Crippen LogP contribution in [0.2, 0.25) is 10.0 Å². The molecule has 1 aliphatic heterocycles. The maximum Gasteiger partial charge on any atom is 0.350 e. The van der Waals surface area contributed by atoms with Crippen LogP contribution < -0.4 is 10.6 Å². The van der Waals surface area contributed by atoms with Gasteiger partial charge in [-0.05, 0) is 55.8 Å². The lowest BCUT2D eigenvalue weighted by Gasteiger charge is -2.39. The lowest BCUT2D eigenvalue weighted by molar-refractivity contribution is -0.147. The van der Waals surface area contributed by atoms with Crippen LogP contribution in [-0.2, 0) is 9.53 Å². The van der Waals surface area contributed by atoms with Crippen LogP contribution in [-0.4, -0.2) is 58.5 Å². The van der Waals surface area contributed by atoms with Gasteiger partial charge < -0.3 is 9.64 Å². The summed E-state index contributed by atoms with van der Waals surface area (Å²) >= 11 is 12.4. The Kier molecular flexibility index (Phi) is 7.30. The minimum Gasteiger partial charge on any atom is -0.468 e. The molecule has 1 unspecified atom stereocenters. The third kappa shape index (κ3) is 4.85. The standard InChI is InChI=1S/C24H27Cl2N5O3/c1-16(2)31-24(33)30(15-27-31)19-7-5-18(6-8-19)28-10-12-29(13-11-28)22(23(32)34-3)20-9-4-17(25)14-21(20)26/h4-9,14-16,22H,10-13H2,1-3H3. The molecule has 1 saturated heterocycles. The van der Waals surface area contributed by atoms with Gasteiger partial charge in [-0.25, -0.2) is 18.8 Å². The molecule has 0 N–H and O–H groups in total. The molecule has 0 bridgehead atoms. The Labute approximate surface area is 208 Å². The highest BCUT2D eigenvalue weighted by atomic mass is 35.5. The van der Waals surface area contributed by atoms with Crippen LogP contribution >= 0.6 is 23.2 Å². The number of ether oxygens (including phenoxy) is 1. The van der Waals surface area contributed by atoms with Crippen LogP contribution in [0, 0.1) is 0 Å². The number of halogens is 2. The molecule has 0 spiro atoms. The fourth-order valence-corrected chi connectivity index (χ4v) is 4.73. The molecule has 8 nitrogen and oxygen atoms in total. The number of nitrogens with zero attached hydrogens (tertiary/aromatic N) is 5. The van der Waals surface area contributed by atoms with Gasteiger partial charge in [0.15, 0.2) is 0 Å². The van der Waals surface area contributed by atoms with Crippen molar-refractivity contribution in [1.29, 1.82) is 0 Å². The van der Waals surface area contributed by atoms with Crippen molar-refractivity contribution in [3.05, 3.63) is 74.9 Å². The predicted molar refractivity (Wildman–Crippen MR) is 133 cm³/mol. The number of rotatable bonds is 6. The van der Waals surface area contributed by atoms with Gasteiger partial charge in [0.1, 0.15) is 12.4 Å². The van der Waals surface area contributed by atoms with Crippen molar-refractivity contribution in [1.82, 2.24) is 19.2 Å². The molecular formula is C24H27Cl2N5O3. The van der Waals surface area contributed by atoms with E-state index in [4.69, 9.17) is 27.9 Å². The van der Waals surface area contributed by atoms with Crippen molar-refractivity contribution in [2.75, 3.05) is 38.2 Å². The third-order valence-corrected chi connectivity index (χ3v) is 6.60. The van der Waals surface area contributed by atoms with E-state index >= 15 is 0 Å². The topological polar surface area (TPSA) is 72.6 Å². The Morgan fingerprint density at radius 2 is 1.65 bits per heavy atom. The summed E-state index contributed by atoms with van der Waals surface area (Å²) in [5, 5.41) is 5.14. The van der Waals surface area contributed by atoms with E-state index in [-0.39, 0.29) is 17.7 Å². The van der Waals surface area contributed by atoms with Gasteiger partial charge in [0.25, 0.3) is 0 Å². The lowest BCUT2D eigenvalue weighted by Crippen LogP contribution is -2.49. The number of anilines is 1. The first-order valence-corrected chi connectivity index (χ1v) is 11.8. The molecule has 1 fully saturated rings. The molecule has 0 amide bonds. The highest BCUT2D eigenvalue weighted by Crippen LogP contribution is 2.32. The quantitative estimate of drug-likeness (QED) is 0.474. The van der Waals surface area contributed by atoms with Gasteiger partial charge in [0.2, 0.25) is 0 Å². The number of carbonyl (C=O) groups excluding carboxylic acids is 1. The zero-order valence-corrected chi connectivity index (χ0v) is 20.8. The van der Waals surface area contributed by atoms with Crippen LogP contribution in [0.3, 0.4) is 0 Å². The van der Waals surface area contributed by atoms with E-state index in [0.717, 1.165) is 24.5 Å².